The highest BCUT2D eigenvalue weighted by atomic mass is 35.5. The molecule has 7 nitrogen and oxygen atoms in total. The first kappa shape index (κ1) is 22.3. The van der Waals surface area contributed by atoms with Gasteiger partial charge in [-0.05, 0) is 50.1 Å². The van der Waals surface area contributed by atoms with E-state index < -0.39 is 15.9 Å². The van der Waals surface area contributed by atoms with Crippen molar-refractivity contribution in [3.8, 4) is 0 Å². The fraction of sp³-hybridized carbons (Fsp3) is 0.304. The minimum atomic E-state index is -3.69. The van der Waals surface area contributed by atoms with E-state index in [1.165, 1.54) is 10.4 Å². The summed E-state index contributed by atoms with van der Waals surface area (Å²) in [6, 6.07) is 12.2. The molecule has 2 aliphatic heterocycles. The van der Waals surface area contributed by atoms with Crippen molar-refractivity contribution in [2.24, 2.45) is 5.92 Å². The predicted octanol–water partition coefficient (Wildman–Crippen LogP) is 4.57. The number of hydrogen-bond acceptors (Lipinski definition) is 5. The molecular formula is C23H22ClN3O4S2. The maximum atomic E-state index is 13.2. The molecule has 1 saturated heterocycles. The van der Waals surface area contributed by atoms with E-state index in [9.17, 15) is 18.0 Å². The van der Waals surface area contributed by atoms with Crippen molar-refractivity contribution in [2.45, 2.75) is 24.0 Å². The van der Waals surface area contributed by atoms with Gasteiger partial charge in [0, 0.05) is 41.7 Å². The van der Waals surface area contributed by atoms with E-state index >= 15 is 0 Å². The number of anilines is 2. The normalized spacial score (nSPS) is 18.8. The Kier molecular flexibility index (Phi) is 5.68. The molecule has 0 radical (unpaired) electrons. The van der Waals surface area contributed by atoms with Gasteiger partial charge in [-0.1, -0.05) is 23.7 Å². The summed E-state index contributed by atoms with van der Waals surface area (Å²) >= 11 is 6.94. The van der Waals surface area contributed by atoms with E-state index in [2.05, 4.69) is 5.32 Å². The van der Waals surface area contributed by atoms with Crippen LogP contribution in [0.25, 0.3) is 10.8 Å². The Morgan fingerprint density at radius 3 is 2.76 bits per heavy atom. The highest BCUT2D eigenvalue weighted by molar-refractivity contribution is 7.91. The van der Waals surface area contributed by atoms with Crippen molar-refractivity contribution in [3.63, 3.8) is 0 Å². The van der Waals surface area contributed by atoms with Crippen LogP contribution < -0.4 is 10.2 Å². The number of thiophene rings is 1. The van der Waals surface area contributed by atoms with E-state index in [0.29, 0.717) is 41.5 Å². The van der Waals surface area contributed by atoms with E-state index in [1.807, 2.05) is 31.2 Å². The first-order chi connectivity index (χ1) is 15.8. The number of halogens is 1. The highest BCUT2D eigenvalue weighted by Crippen LogP contribution is 2.40. The van der Waals surface area contributed by atoms with Gasteiger partial charge in [0.25, 0.3) is 15.9 Å². The van der Waals surface area contributed by atoms with Crippen molar-refractivity contribution < 1.29 is 18.0 Å². The third-order valence-corrected chi connectivity index (χ3v) is 9.82. The molecule has 0 spiro atoms. The number of carbonyl (C=O) groups is 2. The lowest BCUT2D eigenvalue weighted by molar-refractivity contribution is -0.120. The van der Waals surface area contributed by atoms with Crippen LogP contribution in [0.3, 0.4) is 0 Å². The molecule has 0 unspecified atom stereocenters. The lowest BCUT2D eigenvalue weighted by atomic mass is 9.98. The van der Waals surface area contributed by atoms with Gasteiger partial charge in [-0.3, -0.25) is 9.59 Å². The van der Waals surface area contributed by atoms with E-state index in [0.717, 1.165) is 27.8 Å². The van der Waals surface area contributed by atoms with Gasteiger partial charge in [0.15, 0.2) is 0 Å². The number of rotatable bonds is 5. The van der Waals surface area contributed by atoms with Gasteiger partial charge >= 0.3 is 0 Å². The predicted molar refractivity (Wildman–Crippen MR) is 131 cm³/mol. The van der Waals surface area contributed by atoms with Crippen LogP contribution in [-0.2, 0) is 14.8 Å². The lowest BCUT2D eigenvalue weighted by Crippen LogP contribution is -2.43. The molecular weight excluding hydrogens is 482 g/mol. The summed E-state index contributed by atoms with van der Waals surface area (Å²) in [4.78, 5) is 27.6. The van der Waals surface area contributed by atoms with Gasteiger partial charge < -0.3 is 10.2 Å². The zero-order valence-electron chi connectivity index (χ0n) is 17.9. The molecule has 1 N–H and O–H groups in total. The van der Waals surface area contributed by atoms with E-state index in [-0.39, 0.29) is 22.6 Å². The zero-order valence-corrected chi connectivity index (χ0v) is 20.3. The van der Waals surface area contributed by atoms with E-state index in [1.54, 1.807) is 17.0 Å². The standard InChI is InChI=1S/C23H22ClN3O4S2/c1-2-27-18-9-8-17(15-6-3-7-16(21(15)18)23(27)29)25-22(28)14-5-4-12-26(13-14)33(30,31)20-11-10-19(24)32-20/h3,6-11,14H,2,4-5,12-13H2,1H3,(H,25,28)/t14-/m1/s1. The quantitative estimate of drug-likeness (QED) is 0.552. The Bertz CT molecular complexity index is 1390. The van der Waals surface area contributed by atoms with Gasteiger partial charge in [0.2, 0.25) is 5.91 Å². The van der Waals surface area contributed by atoms with Crippen molar-refractivity contribution >= 4 is 66.9 Å². The molecule has 33 heavy (non-hydrogen) atoms. The summed E-state index contributed by atoms with van der Waals surface area (Å²) in [6.45, 7) is 2.99. The third-order valence-electron chi connectivity index (χ3n) is 6.26. The summed E-state index contributed by atoms with van der Waals surface area (Å²) in [7, 11) is -3.69. The molecule has 1 fully saturated rings. The van der Waals surface area contributed by atoms with Crippen LogP contribution in [0.5, 0.6) is 0 Å². The second-order valence-corrected chi connectivity index (χ2v) is 12.0. The zero-order chi connectivity index (χ0) is 23.3. The van der Waals surface area contributed by atoms with Crippen molar-refractivity contribution in [2.75, 3.05) is 29.9 Å². The molecule has 1 aromatic heterocycles. The summed E-state index contributed by atoms with van der Waals surface area (Å²) in [5.41, 5.74) is 2.09. The molecule has 2 aromatic carbocycles. The molecule has 0 bridgehead atoms. The number of carbonyl (C=O) groups excluding carboxylic acids is 2. The molecule has 2 aliphatic rings. The molecule has 172 valence electrons. The molecule has 10 heteroatoms. The average Bonchev–Trinajstić information content (AvgIpc) is 3.38. The highest BCUT2D eigenvalue weighted by Gasteiger charge is 2.35. The van der Waals surface area contributed by atoms with Crippen LogP contribution in [0.1, 0.15) is 30.1 Å². The van der Waals surface area contributed by atoms with Gasteiger partial charge in [-0.2, -0.15) is 4.31 Å². The summed E-state index contributed by atoms with van der Waals surface area (Å²) in [5.74, 6) is -0.736. The Balaban J connectivity index is 1.39. The van der Waals surface area contributed by atoms with Gasteiger partial charge in [-0.25, -0.2) is 8.42 Å². The maximum Gasteiger partial charge on any atom is 0.258 e. The minimum absolute atomic E-state index is 0.0385. The topological polar surface area (TPSA) is 86.8 Å². The van der Waals surface area contributed by atoms with Crippen LogP contribution in [0.2, 0.25) is 4.34 Å². The second-order valence-electron chi connectivity index (χ2n) is 8.16. The van der Waals surface area contributed by atoms with Gasteiger partial charge in [0.1, 0.15) is 4.21 Å². The smallest absolute Gasteiger partial charge is 0.258 e. The number of piperidine rings is 1. The number of hydrogen-bond donors (Lipinski definition) is 1. The summed E-state index contributed by atoms with van der Waals surface area (Å²) in [6.07, 6.45) is 1.20. The van der Waals surface area contributed by atoms with Crippen LogP contribution in [0, 0.1) is 5.92 Å². The number of nitrogens with one attached hydrogen (secondary N) is 1. The van der Waals surface area contributed by atoms with E-state index in [4.69, 9.17) is 11.6 Å². The fourth-order valence-electron chi connectivity index (χ4n) is 4.64. The largest absolute Gasteiger partial charge is 0.325 e. The first-order valence-electron chi connectivity index (χ1n) is 10.7. The number of amides is 2. The Morgan fingerprint density at radius 1 is 1.21 bits per heavy atom. The summed E-state index contributed by atoms with van der Waals surface area (Å²) < 4.78 is 27.9. The van der Waals surface area contributed by atoms with Crippen LogP contribution in [0.4, 0.5) is 11.4 Å². The second kappa shape index (κ2) is 8.39. The lowest BCUT2D eigenvalue weighted by Gasteiger charge is -2.30. The monoisotopic (exact) mass is 503 g/mol. The molecule has 1 atom stereocenters. The van der Waals surface area contributed by atoms with Gasteiger partial charge in [0.05, 0.1) is 15.9 Å². The van der Waals surface area contributed by atoms with Crippen molar-refractivity contribution in [3.05, 3.63) is 52.4 Å². The van der Waals surface area contributed by atoms with Crippen LogP contribution in [0.15, 0.2) is 46.7 Å². The Labute approximate surface area is 201 Å². The van der Waals surface area contributed by atoms with Crippen LogP contribution >= 0.6 is 22.9 Å². The first-order valence-corrected chi connectivity index (χ1v) is 13.4. The van der Waals surface area contributed by atoms with Crippen molar-refractivity contribution in [1.29, 1.82) is 0 Å². The molecule has 0 aliphatic carbocycles. The minimum Gasteiger partial charge on any atom is -0.325 e. The van der Waals surface area contributed by atoms with Crippen LogP contribution in [-0.4, -0.2) is 44.2 Å². The fourth-order valence-corrected chi connectivity index (χ4v) is 7.80. The number of benzene rings is 2. The van der Waals surface area contributed by atoms with Gasteiger partial charge in [-0.15, -0.1) is 11.3 Å². The van der Waals surface area contributed by atoms with Crippen molar-refractivity contribution in [1.82, 2.24) is 4.31 Å². The molecule has 3 aromatic rings. The molecule has 2 amide bonds. The SMILES string of the molecule is CCN1C(=O)c2cccc3c(NC(=O)[C@@H]4CCCN(S(=O)(=O)c5ccc(Cl)s5)C4)ccc1c23. The average molecular weight is 504 g/mol. The Hall–Kier alpha value is -2.46. The summed E-state index contributed by atoms with van der Waals surface area (Å²) in [5, 5.41) is 4.63. The molecule has 3 heterocycles. The molecule has 5 rings (SSSR count). The Morgan fingerprint density at radius 2 is 2.03 bits per heavy atom. The number of nitrogens with zero attached hydrogens (tertiary/aromatic N) is 2. The molecule has 0 saturated carbocycles. The maximum absolute atomic E-state index is 13.2. The number of sulfonamides is 1. The third kappa shape index (κ3) is 3.73.